The highest BCUT2D eigenvalue weighted by atomic mass is 19.1. The molecule has 0 N–H and O–H groups in total. The monoisotopic (exact) mass is 231 g/mol. The first-order chi connectivity index (χ1) is 8.09. The van der Waals surface area contributed by atoms with E-state index in [1.807, 2.05) is 0 Å². The Labute approximate surface area is 97.5 Å². The van der Waals surface area contributed by atoms with Gasteiger partial charge in [0.25, 0.3) is 0 Å². The number of halogens is 1. The molecular formula is C12H10FN3O. The van der Waals surface area contributed by atoms with Crippen LogP contribution in [0.5, 0.6) is 0 Å². The summed E-state index contributed by atoms with van der Waals surface area (Å²) in [6, 6.07) is 2.96. The molecule has 0 aromatic carbocycles. The third-order valence-electron chi connectivity index (χ3n) is 2.36. The molecule has 0 amide bonds. The van der Waals surface area contributed by atoms with Crippen LogP contribution in [0, 0.1) is 19.7 Å². The second-order valence-corrected chi connectivity index (χ2v) is 3.67. The third kappa shape index (κ3) is 2.18. The summed E-state index contributed by atoms with van der Waals surface area (Å²) in [5.41, 5.74) is 1.46. The molecule has 0 bridgehead atoms. The lowest BCUT2D eigenvalue weighted by Gasteiger charge is -2.05. The van der Waals surface area contributed by atoms with Gasteiger partial charge in [-0.25, -0.2) is 4.39 Å². The van der Waals surface area contributed by atoms with Gasteiger partial charge in [-0.15, -0.1) is 0 Å². The first kappa shape index (κ1) is 11.3. The minimum atomic E-state index is -0.633. The van der Waals surface area contributed by atoms with Crippen LogP contribution < -0.4 is 0 Å². The molecule has 4 nitrogen and oxygen atoms in total. The number of hydrogen-bond acceptors (Lipinski definition) is 4. The number of hydrogen-bond donors (Lipinski definition) is 0. The Morgan fingerprint density at radius 1 is 1.24 bits per heavy atom. The van der Waals surface area contributed by atoms with Crippen molar-refractivity contribution in [2.45, 2.75) is 13.8 Å². The van der Waals surface area contributed by atoms with Crippen molar-refractivity contribution in [1.82, 2.24) is 15.2 Å². The first-order valence-corrected chi connectivity index (χ1v) is 5.04. The fraction of sp³-hybridized carbons (Fsp3) is 0.167. The Kier molecular flexibility index (Phi) is 2.91. The molecule has 0 spiro atoms. The molecule has 0 aliphatic heterocycles. The van der Waals surface area contributed by atoms with Gasteiger partial charge in [0.05, 0.1) is 23.1 Å². The summed E-state index contributed by atoms with van der Waals surface area (Å²) < 4.78 is 13.4. The van der Waals surface area contributed by atoms with E-state index in [-0.39, 0.29) is 5.56 Å². The van der Waals surface area contributed by atoms with Crippen LogP contribution in [-0.4, -0.2) is 21.0 Å². The molecular weight excluding hydrogens is 221 g/mol. The number of rotatable bonds is 2. The molecule has 2 aromatic rings. The van der Waals surface area contributed by atoms with Gasteiger partial charge in [-0.3, -0.25) is 9.78 Å². The van der Waals surface area contributed by atoms with Crippen molar-refractivity contribution in [2.24, 2.45) is 0 Å². The van der Waals surface area contributed by atoms with E-state index in [9.17, 15) is 9.18 Å². The van der Waals surface area contributed by atoms with Crippen molar-refractivity contribution < 1.29 is 9.18 Å². The van der Waals surface area contributed by atoms with Gasteiger partial charge in [0.2, 0.25) is 0 Å². The SMILES string of the molecule is Cc1cc(C(=O)c2ccncc2F)c(C)nn1. The topological polar surface area (TPSA) is 55.7 Å². The van der Waals surface area contributed by atoms with Gasteiger partial charge in [-0.1, -0.05) is 0 Å². The highest BCUT2D eigenvalue weighted by Crippen LogP contribution is 2.14. The van der Waals surface area contributed by atoms with Crippen molar-refractivity contribution in [3.05, 3.63) is 52.9 Å². The Morgan fingerprint density at radius 2 is 2.00 bits per heavy atom. The molecule has 0 aliphatic carbocycles. The Hall–Kier alpha value is -2.17. The highest BCUT2D eigenvalue weighted by Gasteiger charge is 2.16. The average molecular weight is 231 g/mol. The van der Waals surface area contributed by atoms with E-state index in [0.717, 1.165) is 6.20 Å². The van der Waals surface area contributed by atoms with E-state index in [1.54, 1.807) is 19.9 Å². The smallest absolute Gasteiger partial charge is 0.198 e. The second kappa shape index (κ2) is 4.37. The van der Waals surface area contributed by atoms with Crippen LogP contribution in [-0.2, 0) is 0 Å². The lowest BCUT2D eigenvalue weighted by Crippen LogP contribution is -2.09. The van der Waals surface area contributed by atoms with E-state index >= 15 is 0 Å². The fourth-order valence-electron chi connectivity index (χ4n) is 1.48. The molecule has 0 atom stereocenters. The van der Waals surface area contributed by atoms with Crippen molar-refractivity contribution in [2.75, 3.05) is 0 Å². The fourth-order valence-corrected chi connectivity index (χ4v) is 1.48. The van der Waals surface area contributed by atoms with E-state index in [0.29, 0.717) is 17.0 Å². The number of aryl methyl sites for hydroxylation is 2. The molecule has 17 heavy (non-hydrogen) atoms. The Balaban J connectivity index is 2.51. The number of carbonyl (C=O) groups excluding carboxylic acids is 1. The zero-order valence-electron chi connectivity index (χ0n) is 9.44. The van der Waals surface area contributed by atoms with Gasteiger partial charge in [-0.05, 0) is 26.0 Å². The van der Waals surface area contributed by atoms with Crippen molar-refractivity contribution in [3.63, 3.8) is 0 Å². The number of ketones is 1. The van der Waals surface area contributed by atoms with Crippen molar-refractivity contribution in [1.29, 1.82) is 0 Å². The number of aromatic nitrogens is 3. The summed E-state index contributed by atoms with van der Waals surface area (Å²) in [6.45, 7) is 3.39. The molecule has 2 aromatic heterocycles. The van der Waals surface area contributed by atoms with Crippen molar-refractivity contribution >= 4 is 5.78 Å². The van der Waals surface area contributed by atoms with Gasteiger partial charge in [0.1, 0.15) is 0 Å². The van der Waals surface area contributed by atoms with Gasteiger partial charge < -0.3 is 0 Å². The summed E-state index contributed by atoms with van der Waals surface area (Å²) in [7, 11) is 0. The molecule has 0 aliphatic rings. The van der Waals surface area contributed by atoms with Crippen LogP contribution in [0.4, 0.5) is 4.39 Å². The van der Waals surface area contributed by atoms with E-state index < -0.39 is 11.6 Å². The number of carbonyl (C=O) groups is 1. The van der Waals surface area contributed by atoms with Crippen LogP contribution >= 0.6 is 0 Å². The quantitative estimate of drug-likeness (QED) is 0.740. The van der Waals surface area contributed by atoms with Gasteiger partial charge >= 0.3 is 0 Å². The summed E-state index contributed by atoms with van der Waals surface area (Å²) in [6.07, 6.45) is 2.40. The maximum absolute atomic E-state index is 13.4. The first-order valence-electron chi connectivity index (χ1n) is 5.04. The van der Waals surface area contributed by atoms with Crippen LogP contribution in [0.3, 0.4) is 0 Å². The Morgan fingerprint density at radius 3 is 2.71 bits per heavy atom. The predicted molar refractivity (Wildman–Crippen MR) is 59.1 cm³/mol. The van der Waals surface area contributed by atoms with Crippen LogP contribution in [0.2, 0.25) is 0 Å². The third-order valence-corrected chi connectivity index (χ3v) is 2.36. The van der Waals surface area contributed by atoms with E-state index in [1.165, 1.54) is 12.3 Å². The standard InChI is InChI=1S/C12H10FN3O/c1-7-5-10(8(2)16-15-7)12(17)9-3-4-14-6-11(9)13/h3-6H,1-2H3. The lowest BCUT2D eigenvalue weighted by molar-refractivity contribution is 0.103. The summed E-state index contributed by atoms with van der Waals surface area (Å²) >= 11 is 0. The van der Waals surface area contributed by atoms with Crippen LogP contribution in [0.25, 0.3) is 0 Å². The maximum Gasteiger partial charge on any atom is 0.198 e. The largest absolute Gasteiger partial charge is 0.288 e. The molecule has 0 fully saturated rings. The molecule has 0 saturated carbocycles. The van der Waals surface area contributed by atoms with Crippen LogP contribution in [0.15, 0.2) is 24.5 Å². The molecule has 86 valence electrons. The molecule has 5 heteroatoms. The molecule has 0 radical (unpaired) electrons. The normalized spacial score (nSPS) is 10.3. The maximum atomic E-state index is 13.4. The van der Waals surface area contributed by atoms with Crippen molar-refractivity contribution in [3.8, 4) is 0 Å². The van der Waals surface area contributed by atoms with Gasteiger partial charge in [-0.2, -0.15) is 10.2 Å². The average Bonchev–Trinajstić information content (AvgIpc) is 2.32. The lowest BCUT2D eigenvalue weighted by atomic mass is 10.0. The van der Waals surface area contributed by atoms with Crippen LogP contribution in [0.1, 0.15) is 27.3 Å². The summed E-state index contributed by atoms with van der Waals surface area (Å²) in [5, 5.41) is 7.68. The number of nitrogens with zero attached hydrogens (tertiary/aromatic N) is 3. The highest BCUT2D eigenvalue weighted by molar-refractivity contribution is 6.09. The molecule has 0 saturated heterocycles. The van der Waals surface area contributed by atoms with E-state index in [4.69, 9.17) is 0 Å². The zero-order valence-corrected chi connectivity index (χ0v) is 9.44. The van der Waals surface area contributed by atoms with Gasteiger partial charge in [0.15, 0.2) is 11.6 Å². The molecule has 2 heterocycles. The van der Waals surface area contributed by atoms with Gasteiger partial charge in [0, 0.05) is 11.8 Å². The number of pyridine rings is 1. The second-order valence-electron chi connectivity index (χ2n) is 3.67. The minimum Gasteiger partial charge on any atom is -0.288 e. The Bertz CT molecular complexity index is 584. The minimum absolute atomic E-state index is 0.00417. The molecule has 0 unspecified atom stereocenters. The summed E-state index contributed by atoms with van der Waals surface area (Å²) in [4.78, 5) is 15.7. The zero-order chi connectivity index (χ0) is 12.4. The van der Waals surface area contributed by atoms with E-state index in [2.05, 4.69) is 15.2 Å². The summed E-state index contributed by atoms with van der Waals surface area (Å²) in [5.74, 6) is -1.04. The molecule has 2 rings (SSSR count). The predicted octanol–water partition coefficient (Wildman–Crippen LogP) is 1.86.